The van der Waals surface area contributed by atoms with Crippen molar-refractivity contribution in [3.05, 3.63) is 47.5 Å². The van der Waals surface area contributed by atoms with E-state index in [1.54, 1.807) is 11.1 Å². The van der Waals surface area contributed by atoms with Crippen LogP contribution in [-0.4, -0.2) is 36.7 Å². The summed E-state index contributed by atoms with van der Waals surface area (Å²) in [5.74, 6) is 3.58. The smallest absolute Gasteiger partial charge is 0.0648 e. The Bertz CT molecular complexity index is 768. The van der Waals surface area contributed by atoms with Gasteiger partial charge in [-0.1, -0.05) is 29.8 Å². The second-order valence-corrected chi connectivity index (χ2v) is 10.2. The van der Waals surface area contributed by atoms with Crippen molar-refractivity contribution in [1.82, 2.24) is 4.90 Å². The van der Waals surface area contributed by atoms with Gasteiger partial charge < -0.3 is 4.74 Å². The van der Waals surface area contributed by atoms with E-state index >= 15 is 0 Å². The SMILES string of the molecule is C=CCOC1C[C@]23CCN(CC4CC4)[C@H](Cc4ccc(C)cc42)C3C2CC12. The molecule has 0 amide bonds. The molecule has 6 atom stereocenters. The normalized spacial score (nSPS) is 42.0. The first-order valence-corrected chi connectivity index (χ1v) is 11.3. The Balaban J connectivity index is 1.42. The van der Waals surface area contributed by atoms with Crippen LogP contribution in [0.1, 0.15) is 48.8 Å². The van der Waals surface area contributed by atoms with E-state index in [1.807, 2.05) is 6.08 Å². The van der Waals surface area contributed by atoms with Gasteiger partial charge in [-0.25, -0.2) is 0 Å². The van der Waals surface area contributed by atoms with Gasteiger partial charge >= 0.3 is 0 Å². The lowest BCUT2D eigenvalue weighted by molar-refractivity contribution is -0.0729. The summed E-state index contributed by atoms with van der Waals surface area (Å²) in [5.41, 5.74) is 5.15. The Morgan fingerprint density at radius 1 is 1.30 bits per heavy atom. The third kappa shape index (κ3) is 2.52. The van der Waals surface area contributed by atoms with Crippen LogP contribution in [0.2, 0.25) is 0 Å². The van der Waals surface area contributed by atoms with Crippen molar-refractivity contribution < 1.29 is 4.74 Å². The summed E-state index contributed by atoms with van der Waals surface area (Å²) in [7, 11) is 0. The van der Waals surface area contributed by atoms with Crippen LogP contribution in [-0.2, 0) is 16.6 Å². The molecule has 4 unspecified atom stereocenters. The number of piperidine rings is 1. The standard InChI is InChI=1S/C25H33NO/c1-3-10-27-23-14-25-8-9-26(15-17-5-6-17)22(24(25)20-13-19(20)23)12-18-7-4-16(2)11-21(18)25/h3-4,7,11,17,19-20,22-24H,1,5-6,8-10,12-15H2,2H3/t19?,20?,22-,23?,24?,25-/m1/s1. The molecule has 4 aliphatic carbocycles. The van der Waals surface area contributed by atoms with Gasteiger partial charge in [0.2, 0.25) is 0 Å². The van der Waals surface area contributed by atoms with Gasteiger partial charge in [0.1, 0.15) is 0 Å². The van der Waals surface area contributed by atoms with Crippen molar-refractivity contribution in [2.75, 3.05) is 19.7 Å². The van der Waals surface area contributed by atoms with Crippen molar-refractivity contribution in [2.24, 2.45) is 23.7 Å². The predicted octanol–water partition coefficient (Wildman–Crippen LogP) is 4.50. The molecule has 0 N–H and O–H groups in total. The van der Waals surface area contributed by atoms with E-state index in [0.29, 0.717) is 18.1 Å². The van der Waals surface area contributed by atoms with Crippen LogP contribution in [0.3, 0.4) is 0 Å². The Hall–Kier alpha value is -1.12. The molecule has 1 aromatic carbocycles. The summed E-state index contributed by atoms with van der Waals surface area (Å²) in [6.45, 7) is 9.54. The lowest BCUT2D eigenvalue weighted by atomic mass is 9.51. The number of hydrogen-bond acceptors (Lipinski definition) is 2. The highest BCUT2D eigenvalue weighted by molar-refractivity contribution is 5.45. The van der Waals surface area contributed by atoms with Crippen molar-refractivity contribution >= 4 is 0 Å². The number of fused-ring (bicyclic) bond motifs is 2. The molecule has 5 aliphatic rings. The molecule has 1 heterocycles. The second kappa shape index (κ2) is 5.94. The molecule has 1 aromatic rings. The molecule has 1 saturated heterocycles. The van der Waals surface area contributed by atoms with Gasteiger partial charge in [0.05, 0.1) is 12.7 Å². The van der Waals surface area contributed by atoms with Crippen molar-refractivity contribution in [2.45, 2.75) is 63.0 Å². The minimum atomic E-state index is 0.369. The Morgan fingerprint density at radius 3 is 3.00 bits per heavy atom. The maximum absolute atomic E-state index is 6.34. The molecular weight excluding hydrogens is 330 g/mol. The maximum Gasteiger partial charge on any atom is 0.0648 e. The van der Waals surface area contributed by atoms with Crippen LogP contribution in [0.5, 0.6) is 0 Å². The number of rotatable bonds is 5. The number of aryl methyl sites for hydroxylation is 1. The summed E-state index contributed by atoms with van der Waals surface area (Å²) in [6, 6.07) is 8.12. The van der Waals surface area contributed by atoms with Gasteiger partial charge in [-0.05, 0) is 86.8 Å². The molecular formula is C25H33NO. The van der Waals surface area contributed by atoms with E-state index in [0.717, 1.165) is 29.7 Å². The largest absolute Gasteiger partial charge is 0.374 e. The van der Waals surface area contributed by atoms with Gasteiger partial charge in [-0.15, -0.1) is 6.58 Å². The number of nitrogens with zero attached hydrogens (tertiary/aromatic N) is 1. The molecule has 2 heteroatoms. The predicted molar refractivity (Wildman–Crippen MR) is 109 cm³/mol. The van der Waals surface area contributed by atoms with E-state index in [-0.39, 0.29) is 0 Å². The minimum absolute atomic E-state index is 0.369. The number of likely N-dealkylation sites (tertiary alicyclic amines) is 1. The van der Waals surface area contributed by atoms with Gasteiger partial charge in [0, 0.05) is 18.0 Å². The highest BCUT2D eigenvalue weighted by Crippen LogP contribution is 2.67. The molecule has 4 fully saturated rings. The molecule has 1 aliphatic heterocycles. The van der Waals surface area contributed by atoms with Gasteiger partial charge in [0.25, 0.3) is 0 Å². The van der Waals surface area contributed by atoms with Crippen molar-refractivity contribution in [1.29, 1.82) is 0 Å². The Labute approximate surface area is 164 Å². The van der Waals surface area contributed by atoms with Crippen LogP contribution < -0.4 is 0 Å². The zero-order valence-corrected chi connectivity index (χ0v) is 16.7. The number of hydrogen-bond donors (Lipinski definition) is 0. The molecule has 0 spiro atoms. The molecule has 6 rings (SSSR count). The van der Waals surface area contributed by atoms with Crippen molar-refractivity contribution in [3.8, 4) is 0 Å². The summed E-state index contributed by atoms with van der Waals surface area (Å²) in [4.78, 5) is 2.92. The third-order valence-electron chi connectivity index (χ3n) is 8.61. The van der Waals surface area contributed by atoms with Crippen LogP contribution in [0.25, 0.3) is 0 Å². The van der Waals surface area contributed by atoms with Crippen molar-refractivity contribution in [3.63, 3.8) is 0 Å². The first kappa shape index (κ1) is 16.8. The molecule has 0 radical (unpaired) electrons. The van der Waals surface area contributed by atoms with Crippen LogP contribution in [0, 0.1) is 30.6 Å². The zero-order valence-electron chi connectivity index (χ0n) is 16.7. The highest BCUT2D eigenvalue weighted by Gasteiger charge is 2.66. The molecule has 3 saturated carbocycles. The van der Waals surface area contributed by atoms with Gasteiger partial charge in [0.15, 0.2) is 0 Å². The lowest BCUT2D eigenvalue weighted by Crippen LogP contribution is -2.63. The van der Waals surface area contributed by atoms with E-state index in [1.165, 1.54) is 57.2 Å². The fourth-order valence-electron chi connectivity index (χ4n) is 7.26. The van der Waals surface area contributed by atoms with E-state index < -0.39 is 0 Å². The summed E-state index contributed by atoms with van der Waals surface area (Å²) < 4.78 is 6.34. The van der Waals surface area contributed by atoms with E-state index in [2.05, 4.69) is 36.6 Å². The summed E-state index contributed by atoms with van der Waals surface area (Å²) >= 11 is 0. The average molecular weight is 364 g/mol. The Kier molecular flexibility index (Phi) is 3.69. The topological polar surface area (TPSA) is 12.5 Å². The lowest BCUT2D eigenvalue weighted by Gasteiger charge is -2.60. The molecule has 144 valence electrons. The zero-order chi connectivity index (χ0) is 18.2. The van der Waals surface area contributed by atoms with E-state index in [4.69, 9.17) is 4.74 Å². The molecule has 27 heavy (non-hydrogen) atoms. The van der Waals surface area contributed by atoms with Gasteiger partial charge in [-0.3, -0.25) is 4.90 Å². The minimum Gasteiger partial charge on any atom is -0.374 e. The van der Waals surface area contributed by atoms with E-state index in [9.17, 15) is 0 Å². The first-order valence-electron chi connectivity index (χ1n) is 11.3. The second-order valence-electron chi connectivity index (χ2n) is 10.2. The Morgan fingerprint density at radius 2 is 2.19 bits per heavy atom. The molecule has 2 nitrogen and oxygen atoms in total. The monoisotopic (exact) mass is 363 g/mol. The van der Waals surface area contributed by atoms with Crippen LogP contribution in [0.4, 0.5) is 0 Å². The molecule has 0 aromatic heterocycles. The third-order valence-corrected chi connectivity index (χ3v) is 8.61. The first-order chi connectivity index (χ1) is 13.2. The fourth-order valence-corrected chi connectivity index (χ4v) is 7.26. The quantitative estimate of drug-likeness (QED) is 0.714. The fraction of sp³-hybridized carbons (Fsp3) is 0.680. The van der Waals surface area contributed by atoms with Crippen LogP contribution in [0.15, 0.2) is 30.9 Å². The number of benzene rings is 1. The summed E-state index contributed by atoms with van der Waals surface area (Å²) in [5, 5.41) is 0. The highest BCUT2D eigenvalue weighted by atomic mass is 16.5. The van der Waals surface area contributed by atoms with Crippen LogP contribution >= 0.6 is 0 Å². The average Bonchev–Trinajstić information content (AvgIpc) is 3.57. The maximum atomic E-state index is 6.34. The summed E-state index contributed by atoms with van der Waals surface area (Å²) in [6.07, 6.45) is 10.6. The molecule has 2 bridgehead atoms. The number of ether oxygens (including phenoxy) is 1. The van der Waals surface area contributed by atoms with Gasteiger partial charge in [-0.2, -0.15) is 0 Å².